The number of nitrogens with one attached hydrogen (secondary N) is 3. The Hall–Kier alpha value is -3.56. The second-order valence-corrected chi connectivity index (χ2v) is 8.77. The molecule has 9 heteroatoms. The van der Waals surface area contributed by atoms with Crippen LogP contribution in [0.4, 0.5) is 14.5 Å². The summed E-state index contributed by atoms with van der Waals surface area (Å²) in [6.45, 7) is 2.07. The molecule has 0 radical (unpaired) electrons. The van der Waals surface area contributed by atoms with E-state index in [4.69, 9.17) is 5.73 Å². The third kappa shape index (κ3) is 4.57. The van der Waals surface area contributed by atoms with E-state index in [1.807, 2.05) is 25.4 Å². The third-order valence-electron chi connectivity index (χ3n) is 6.29. The fraction of sp³-hybridized carbons (Fsp3) is 0.280. The van der Waals surface area contributed by atoms with E-state index < -0.39 is 17.4 Å². The zero-order valence-corrected chi connectivity index (χ0v) is 18.9. The molecule has 5 rings (SSSR count). The minimum absolute atomic E-state index is 0.173. The van der Waals surface area contributed by atoms with E-state index in [-0.39, 0.29) is 5.56 Å². The van der Waals surface area contributed by atoms with Gasteiger partial charge in [0.1, 0.15) is 17.5 Å². The Kier molecular flexibility index (Phi) is 5.89. The van der Waals surface area contributed by atoms with Crippen LogP contribution in [0.15, 0.2) is 65.7 Å². The Morgan fingerprint density at radius 1 is 1.09 bits per heavy atom. The zero-order valence-electron chi connectivity index (χ0n) is 18.9. The van der Waals surface area contributed by atoms with Gasteiger partial charge in [-0.25, -0.2) is 13.8 Å². The van der Waals surface area contributed by atoms with Gasteiger partial charge in [0.15, 0.2) is 0 Å². The lowest BCUT2D eigenvalue weighted by molar-refractivity contribution is 0.395. The molecule has 1 unspecified atom stereocenters. The van der Waals surface area contributed by atoms with Crippen molar-refractivity contribution in [3.63, 3.8) is 0 Å². The predicted molar refractivity (Wildman–Crippen MR) is 129 cm³/mol. The molecule has 2 aromatic carbocycles. The number of piperidine rings is 1. The largest absolute Gasteiger partial charge is 0.341 e. The van der Waals surface area contributed by atoms with Crippen LogP contribution in [-0.2, 0) is 12.8 Å². The highest BCUT2D eigenvalue weighted by Crippen LogP contribution is 2.30. The van der Waals surface area contributed by atoms with Crippen molar-refractivity contribution in [3.8, 4) is 0 Å². The number of benzene rings is 2. The normalized spacial score (nSPS) is 20.9. The van der Waals surface area contributed by atoms with Gasteiger partial charge >= 0.3 is 0 Å². The van der Waals surface area contributed by atoms with Crippen molar-refractivity contribution < 1.29 is 8.78 Å². The van der Waals surface area contributed by atoms with Gasteiger partial charge in [0.2, 0.25) is 5.79 Å². The van der Waals surface area contributed by atoms with Gasteiger partial charge in [0.25, 0.3) is 0 Å². The van der Waals surface area contributed by atoms with Crippen LogP contribution in [0.3, 0.4) is 0 Å². The maximum atomic E-state index is 13.9. The molecule has 1 aromatic heterocycles. The Morgan fingerprint density at radius 2 is 1.79 bits per heavy atom. The molecule has 7 nitrogen and oxygen atoms in total. The first kappa shape index (κ1) is 22.2. The highest BCUT2D eigenvalue weighted by molar-refractivity contribution is 6.12. The number of rotatable bonds is 5. The number of aliphatic imine (C=N–C) groups is 1. The molecule has 1 atom stereocenters. The lowest BCUT2D eigenvalue weighted by Gasteiger charge is -2.33. The highest BCUT2D eigenvalue weighted by atomic mass is 19.1. The summed E-state index contributed by atoms with van der Waals surface area (Å²) in [4.78, 5) is 4.42. The molecule has 1 fully saturated rings. The van der Waals surface area contributed by atoms with Gasteiger partial charge in [-0.15, -0.1) is 0 Å². The molecule has 34 heavy (non-hydrogen) atoms. The topological polar surface area (TPSA) is 92.3 Å². The molecular weight excluding hydrogens is 436 g/mol. The first-order chi connectivity index (χ1) is 16.4. The molecule has 0 spiro atoms. The van der Waals surface area contributed by atoms with E-state index in [1.54, 1.807) is 17.1 Å². The molecule has 176 valence electrons. The third-order valence-corrected chi connectivity index (χ3v) is 6.29. The van der Waals surface area contributed by atoms with Crippen molar-refractivity contribution >= 4 is 17.5 Å². The van der Waals surface area contributed by atoms with Gasteiger partial charge < -0.3 is 16.0 Å². The molecule has 1 saturated heterocycles. The molecule has 0 amide bonds. The van der Waals surface area contributed by atoms with Crippen molar-refractivity contribution in [2.75, 3.05) is 18.4 Å². The zero-order chi connectivity index (χ0) is 23.7. The molecule has 2 aliphatic heterocycles. The maximum Gasteiger partial charge on any atom is 0.210 e. The molecule has 5 N–H and O–H groups in total. The average molecular weight is 464 g/mol. The highest BCUT2D eigenvalue weighted by Gasteiger charge is 2.32. The average Bonchev–Trinajstić information content (AvgIpc) is 3.25. The number of halogens is 2. The van der Waals surface area contributed by atoms with E-state index in [9.17, 15) is 8.78 Å². The van der Waals surface area contributed by atoms with Crippen LogP contribution in [0, 0.1) is 11.6 Å². The molecule has 0 aliphatic carbocycles. The number of nitrogens with zero attached hydrogens (tertiary/aromatic N) is 3. The van der Waals surface area contributed by atoms with Crippen LogP contribution in [0.2, 0.25) is 0 Å². The first-order valence-electron chi connectivity index (χ1n) is 11.3. The Morgan fingerprint density at radius 3 is 2.44 bits per heavy atom. The number of aryl methyl sites for hydroxylation is 1. The van der Waals surface area contributed by atoms with Crippen LogP contribution in [0.5, 0.6) is 0 Å². The van der Waals surface area contributed by atoms with E-state index in [1.165, 1.54) is 17.7 Å². The van der Waals surface area contributed by atoms with Crippen LogP contribution in [0.1, 0.15) is 35.4 Å². The van der Waals surface area contributed by atoms with Gasteiger partial charge in [-0.1, -0.05) is 12.1 Å². The van der Waals surface area contributed by atoms with Crippen molar-refractivity contribution in [1.29, 1.82) is 0 Å². The fourth-order valence-electron chi connectivity index (χ4n) is 4.46. The molecule has 3 aromatic rings. The standard InChI is InChI=1S/C25H27F2N7/c1-34-15-18(13-31-34)23-14-30-25(28,19-10-20(26)12-21(27)11-19)33-24(23)32-22-4-2-16(3-5-22)17-6-8-29-9-7-17/h2-5,10-15,17,29,32-33H,6-9,28H2,1H3. The predicted octanol–water partition coefficient (Wildman–Crippen LogP) is 3.39. The quantitative estimate of drug-likeness (QED) is 0.466. The summed E-state index contributed by atoms with van der Waals surface area (Å²) in [5, 5.41) is 14.2. The fourth-order valence-corrected chi connectivity index (χ4v) is 4.46. The molecule has 0 saturated carbocycles. The van der Waals surface area contributed by atoms with E-state index in [2.05, 4.69) is 38.2 Å². The number of allylic oxidation sites excluding steroid dienone is 1. The number of aromatic nitrogens is 2. The second kappa shape index (κ2) is 9.00. The van der Waals surface area contributed by atoms with Gasteiger partial charge in [-0.2, -0.15) is 5.10 Å². The lowest BCUT2D eigenvalue weighted by atomic mass is 9.90. The molecular formula is C25H27F2N7. The summed E-state index contributed by atoms with van der Waals surface area (Å²) < 4.78 is 29.5. The smallest absolute Gasteiger partial charge is 0.210 e. The number of anilines is 1. The summed E-state index contributed by atoms with van der Waals surface area (Å²) in [7, 11) is 1.83. The van der Waals surface area contributed by atoms with E-state index >= 15 is 0 Å². The van der Waals surface area contributed by atoms with Crippen molar-refractivity contribution in [1.82, 2.24) is 20.4 Å². The van der Waals surface area contributed by atoms with Crippen molar-refractivity contribution in [3.05, 3.63) is 89.0 Å². The van der Waals surface area contributed by atoms with E-state index in [0.29, 0.717) is 11.7 Å². The van der Waals surface area contributed by atoms with E-state index in [0.717, 1.165) is 48.8 Å². The number of nitrogens with two attached hydrogens (primary N) is 1. The summed E-state index contributed by atoms with van der Waals surface area (Å²) >= 11 is 0. The van der Waals surface area contributed by atoms with Crippen LogP contribution in [-0.4, -0.2) is 29.1 Å². The van der Waals surface area contributed by atoms with Crippen LogP contribution in [0.25, 0.3) is 5.57 Å². The number of hydrogen-bond acceptors (Lipinski definition) is 6. The van der Waals surface area contributed by atoms with Crippen LogP contribution >= 0.6 is 0 Å². The molecule has 2 aliphatic rings. The monoisotopic (exact) mass is 463 g/mol. The maximum absolute atomic E-state index is 13.9. The van der Waals surface area contributed by atoms with Gasteiger partial charge in [0, 0.05) is 47.9 Å². The lowest BCUT2D eigenvalue weighted by Crippen LogP contribution is -2.51. The second-order valence-electron chi connectivity index (χ2n) is 8.77. The minimum Gasteiger partial charge on any atom is -0.341 e. The summed E-state index contributed by atoms with van der Waals surface area (Å²) in [6, 6.07) is 11.5. The summed E-state index contributed by atoms with van der Waals surface area (Å²) in [6.07, 6.45) is 7.43. The summed E-state index contributed by atoms with van der Waals surface area (Å²) in [5.74, 6) is -1.88. The first-order valence-corrected chi connectivity index (χ1v) is 11.3. The minimum atomic E-state index is -1.55. The summed E-state index contributed by atoms with van der Waals surface area (Å²) in [5.41, 5.74) is 10.4. The number of hydrogen-bond donors (Lipinski definition) is 4. The Bertz CT molecular complexity index is 1220. The SMILES string of the molecule is Cn1cc(C2=C(Nc3ccc(C4CCNCC4)cc3)NC(N)(c3cc(F)cc(F)c3)N=C2)cn1. The van der Waals surface area contributed by atoms with Gasteiger partial charge in [0.05, 0.1) is 6.20 Å². The molecule has 3 heterocycles. The van der Waals surface area contributed by atoms with Crippen molar-refractivity contribution in [2.24, 2.45) is 17.8 Å². The Balaban J connectivity index is 1.46. The van der Waals surface area contributed by atoms with Crippen molar-refractivity contribution in [2.45, 2.75) is 24.5 Å². The van der Waals surface area contributed by atoms with Gasteiger partial charge in [-0.3, -0.25) is 10.4 Å². The van der Waals surface area contributed by atoms with Gasteiger partial charge in [-0.05, 0) is 61.7 Å². The van der Waals surface area contributed by atoms with Crippen LogP contribution < -0.4 is 21.7 Å². The Labute approximate surface area is 196 Å². The molecule has 0 bridgehead atoms.